The highest BCUT2D eigenvalue weighted by Gasteiger charge is 2.24. The first kappa shape index (κ1) is 12.5. The largest absolute Gasteiger partial charge is 0.384 e. The van der Waals surface area contributed by atoms with Gasteiger partial charge in [-0.3, -0.25) is 14.5 Å². The maximum absolute atomic E-state index is 11.9. The number of nitrogens with zero attached hydrogens (tertiary/aromatic N) is 1. The van der Waals surface area contributed by atoms with Gasteiger partial charge >= 0.3 is 0 Å². The van der Waals surface area contributed by atoms with Crippen molar-refractivity contribution in [1.29, 1.82) is 0 Å². The van der Waals surface area contributed by atoms with Crippen LogP contribution in [0.1, 0.15) is 26.7 Å². The van der Waals surface area contributed by atoms with Crippen molar-refractivity contribution in [2.24, 2.45) is 0 Å². The van der Waals surface area contributed by atoms with Crippen molar-refractivity contribution in [2.75, 3.05) is 14.1 Å². The number of carbonyl (C=O) groups excluding carboxylic acids is 2. The Kier molecular flexibility index (Phi) is 3.93. The van der Waals surface area contributed by atoms with Gasteiger partial charge in [-0.05, 0) is 19.8 Å². The van der Waals surface area contributed by atoms with Crippen LogP contribution in [0.2, 0.25) is 0 Å². The van der Waals surface area contributed by atoms with E-state index >= 15 is 0 Å². The summed E-state index contributed by atoms with van der Waals surface area (Å²) in [6.45, 7) is 3.21. The highest BCUT2D eigenvalue weighted by atomic mass is 16.2. The standard InChI is InChI=1S/C11H19N3O2/c1-7(13-9-5-6-9)10(12-3)11(16)14(4)8(2)15/h9,12-13H,5-6H2,1-4H3/b10-7+. The zero-order valence-corrected chi connectivity index (χ0v) is 10.3. The molecule has 90 valence electrons. The van der Waals surface area contributed by atoms with E-state index in [0.29, 0.717) is 11.7 Å². The van der Waals surface area contributed by atoms with Gasteiger partial charge < -0.3 is 10.6 Å². The van der Waals surface area contributed by atoms with Crippen LogP contribution in [0.25, 0.3) is 0 Å². The Morgan fingerprint density at radius 2 is 1.81 bits per heavy atom. The third-order valence-electron chi connectivity index (χ3n) is 2.61. The number of imide groups is 1. The fourth-order valence-corrected chi connectivity index (χ4v) is 1.37. The molecule has 0 saturated heterocycles. The predicted octanol–water partition coefficient (Wildman–Crippen LogP) is 0.194. The summed E-state index contributed by atoms with van der Waals surface area (Å²) >= 11 is 0. The van der Waals surface area contributed by atoms with Gasteiger partial charge in [0.15, 0.2) is 0 Å². The first-order valence-corrected chi connectivity index (χ1v) is 5.41. The molecule has 1 aliphatic carbocycles. The van der Waals surface area contributed by atoms with Crippen molar-refractivity contribution >= 4 is 11.8 Å². The molecule has 0 aromatic rings. The number of amides is 2. The van der Waals surface area contributed by atoms with Crippen molar-refractivity contribution in [3.8, 4) is 0 Å². The lowest BCUT2D eigenvalue weighted by atomic mass is 10.3. The van der Waals surface area contributed by atoms with Crippen molar-refractivity contribution in [1.82, 2.24) is 15.5 Å². The number of nitrogens with one attached hydrogen (secondary N) is 2. The summed E-state index contributed by atoms with van der Waals surface area (Å²) < 4.78 is 0. The van der Waals surface area contributed by atoms with Gasteiger partial charge in [0.05, 0.1) is 0 Å². The number of carbonyl (C=O) groups is 2. The van der Waals surface area contributed by atoms with Gasteiger partial charge in [-0.15, -0.1) is 0 Å². The molecule has 0 spiro atoms. The second-order valence-electron chi connectivity index (χ2n) is 4.05. The molecule has 0 aliphatic heterocycles. The molecule has 0 bridgehead atoms. The minimum absolute atomic E-state index is 0.267. The van der Waals surface area contributed by atoms with E-state index in [-0.39, 0.29) is 11.8 Å². The molecule has 2 amide bonds. The van der Waals surface area contributed by atoms with Crippen molar-refractivity contribution in [3.63, 3.8) is 0 Å². The van der Waals surface area contributed by atoms with Crippen molar-refractivity contribution < 1.29 is 9.59 Å². The van der Waals surface area contributed by atoms with Gasteiger partial charge in [-0.2, -0.15) is 0 Å². The summed E-state index contributed by atoms with van der Waals surface area (Å²) in [6, 6.07) is 0.485. The molecule has 0 radical (unpaired) electrons. The molecule has 1 fully saturated rings. The fraction of sp³-hybridized carbons (Fsp3) is 0.636. The van der Waals surface area contributed by atoms with E-state index in [4.69, 9.17) is 0 Å². The fourth-order valence-electron chi connectivity index (χ4n) is 1.37. The summed E-state index contributed by atoms with van der Waals surface area (Å²) in [7, 11) is 3.16. The monoisotopic (exact) mass is 225 g/mol. The number of allylic oxidation sites excluding steroid dienone is 1. The van der Waals surface area contributed by atoms with Crippen LogP contribution < -0.4 is 10.6 Å². The number of hydrogen-bond acceptors (Lipinski definition) is 4. The summed E-state index contributed by atoms with van der Waals surface area (Å²) in [5.41, 5.74) is 1.24. The van der Waals surface area contributed by atoms with E-state index in [2.05, 4.69) is 10.6 Å². The van der Waals surface area contributed by atoms with E-state index in [1.54, 1.807) is 7.05 Å². The highest BCUT2D eigenvalue weighted by Crippen LogP contribution is 2.20. The summed E-state index contributed by atoms with van der Waals surface area (Å²) in [5.74, 6) is -0.572. The third kappa shape index (κ3) is 2.98. The Hall–Kier alpha value is -1.52. The van der Waals surface area contributed by atoms with Crippen LogP contribution in [0, 0.1) is 0 Å². The minimum atomic E-state index is -0.305. The van der Waals surface area contributed by atoms with Crippen LogP contribution in [-0.4, -0.2) is 36.9 Å². The Labute approximate surface area is 95.9 Å². The smallest absolute Gasteiger partial charge is 0.278 e. The van der Waals surface area contributed by atoms with E-state index < -0.39 is 0 Å². The molecule has 5 nitrogen and oxygen atoms in total. The van der Waals surface area contributed by atoms with Gasteiger partial charge in [0, 0.05) is 32.8 Å². The van der Waals surface area contributed by atoms with Gasteiger partial charge in [0.25, 0.3) is 5.91 Å². The van der Waals surface area contributed by atoms with E-state index in [0.717, 1.165) is 23.4 Å². The lowest BCUT2D eigenvalue weighted by Gasteiger charge is -2.18. The molecule has 5 heteroatoms. The Balaban J connectivity index is 2.78. The molecule has 0 heterocycles. The first-order valence-electron chi connectivity index (χ1n) is 5.41. The second-order valence-corrected chi connectivity index (χ2v) is 4.05. The molecule has 2 N–H and O–H groups in total. The molecule has 1 aliphatic rings. The van der Waals surface area contributed by atoms with E-state index in [9.17, 15) is 9.59 Å². The Bertz CT molecular complexity index is 332. The van der Waals surface area contributed by atoms with Crippen molar-refractivity contribution in [2.45, 2.75) is 32.7 Å². The summed E-state index contributed by atoms with van der Waals surface area (Å²) in [5, 5.41) is 6.08. The van der Waals surface area contributed by atoms with Crippen LogP contribution in [-0.2, 0) is 9.59 Å². The summed E-state index contributed by atoms with van der Waals surface area (Å²) in [4.78, 5) is 24.1. The molecule has 1 rings (SSSR count). The number of hydrogen-bond donors (Lipinski definition) is 2. The molecule has 0 aromatic heterocycles. The Morgan fingerprint density at radius 3 is 2.19 bits per heavy atom. The number of rotatable bonds is 4. The normalized spacial score (nSPS) is 16.2. The second kappa shape index (κ2) is 5.01. The number of likely N-dealkylation sites (N-methyl/N-ethyl adjacent to an activating group) is 2. The molecule has 16 heavy (non-hydrogen) atoms. The molecule has 0 aromatic carbocycles. The first-order chi connectivity index (χ1) is 7.47. The average molecular weight is 225 g/mol. The van der Waals surface area contributed by atoms with Crippen LogP contribution in [0.4, 0.5) is 0 Å². The lowest BCUT2D eigenvalue weighted by Crippen LogP contribution is -2.37. The molecule has 1 saturated carbocycles. The van der Waals surface area contributed by atoms with Crippen molar-refractivity contribution in [3.05, 3.63) is 11.4 Å². The predicted molar refractivity (Wildman–Crippen MR) is 61.4 cm³/mol. The van der Waals surface area contributed by atoms with Crippen LogP contribution in [0.5, 0.6) is 0 Å². The lowest BCUT2D eigenvalue weighted by molar-refractivity contribution is -0.139. The quantitative estimate of drug-likeness (QED) is 0.671. The third-order valence-corrected chi connectivity index (χ3v) is 2.61. The van der Waals surface area contributed by atoms with Gasteiger partial charge in [-0.1, -0.05) is 0 Å². The average Bonchev–Trinajstić information content (AvgIpc) is 3.01. The maximum Gasteiger partial charge on any atom is 0.278 e. The molecule has 0 atom stereocenters. The highest BCUT2D eigenvalue weighted by molar-refractivity contribution is 6.03. The summed E-state index contributed by atoms with van der Waals surface area (Å²) in [6.07, 6.45) is 2.29. The van der Waals surface area contributed by atoms with Crippen LogP contribution >= 0.6 is 0 Å². The zero-order valence-electron chi connectivity index (χ0n) is 10.3. The van der Waals surface area contributed by atoms with Gasteiger partial charge in [0.1, 0.15) is 5.70 Å². The molecule has 0 unspecified atom stereocenters. The van der Waals surface area contributed by atoms with Crippen LogP contribution in [0.15, 0.2) is 11.4 Å². The topological polar surface area (TPSA) is 61.4 Å². The van der Waals surface area contributed by atoms with E-state index in [1.807, 2.05) is 6.92 Å². The van der Waals surface area contributed by atoms with Gasteiger partial charge in [0.2, 0.25) is 5.91 Å². The minimum Gasteiger partial charge on any atom is -0.384 e. The molecular weight excluding hydrogens is 206 g/mol. The zero-order chi connectivity index (χ0) is 12.3. The van der Waals surface area contributed by atoms with Crippen LogP contribution in [0.3, 0.4) is 0 Å². The van der Waals surface area contributed by atoms with Gasteiger partial charge in [-0.25, -0.2) is 0 Å². The van der Waals surface area contributed by atoms with E-state index in [1.165, 1.54) is 14.0 Å². The molecular formula is C11H19N3O2. The maximum atomic E-state index is 11.9. The SMILES string of the molecule is CN/C(C(=O)N(C)C(C)=O)=C(\C)NC1CC1. The Morgan fingerprint density at radius 1 is 1.25 bits per heavy atom.